The molecule has 4 aliphatic heterocycles. The number of carbonyl (C=O) groups is 5. The van der Waals surface area contributed by atoms with Gasteiger partial charge in [-0.1, -0.05) is 7.43 Å². The number of nitrogens with one attached hydrogen (secondary N) is 3. The van der Waals surface area contributed by atoms with Crippen LogP contribution in [0, 0.1) is 11.6 Å². The molecule has 2 fully saturated rings. The normalized spacial score (nSPS) is 15.8. The molecule has 0 unspecified atom stereocenters. The van der Waals surface area contributed by atoms with Crippen LogP contribution >= 0.6 is 27.0 Å². The van der Waals surface area contributed by atoms with Crippen LogP contribution in [-0.2, 0) is 56.5 Å². The van der Waals surface area contributed by atoms with Gasteiger partial charge >= 0.3 is 12.2 Å². The van der Waals surface area contributed by atoms with Crippen molar-refractivity contribution in [1.29, 1.82) is 0 Å². The summed E-state index contributed by atoms with van der Waals surface area (Å²) >= 11 is 0. The Bertz CT molecular complexity index is 3220. The number of amides is 4. The zero-order chi connectivity index (χ0) is 50.3. The van der Waals surface area contributed by atoms with Crippen molar-refractivity contribution in [3.8, 4) is 23.5 Å². The van der Waals surface area contributed by atoms with Crippen LogP contribution in [0.1, 0.15) is 7.43 Å². The standard InChI is InChI=1S/C20H19FN8O6.C10H8FN3O3.C10H11N5O4.CH4.2H2S.V/c1-28-15(31)7-23-12-4-11(21)18(27-17(12)28)33-3-2-22-5-10-8-29(20(32)35-10)13-6-24-19-16(25-13)26-14(30)9-34-19;1-14-8(16)5-12-7-4-6(11)10(13-9(7)14)17-3-2-15;11-1-5-3-15(10(17)19-5)6-2-12-9-8(13-6)14-7(16)4-18-9;;;;/h4,6-7,10,22H,2-3,5,8-9H2,1H3,(H,25,26,30);2,4-5H,3H2,1H3;2,5H,1,3-4,11H2,(H,13,14,16);1H4;2*1H2;/t10-;;5-;;;;/m0.0..../s1. The van der Waals surface area contributed by atoms with E-state index in [4.69, 9.17) is 34.2 Å². The largest absolute Gasteiger partial charge is 0.474 e. The third kappa shape index (κ3) is 13.9. The van der Waals surface area contributed by atoms with Crippen LogP contribution < -0.4 is 61.5 Å². The van der Waals surface area contributed by atoms with Gasteiger partial charge in [-0.3, -0.25) is 42.9 Å². The topological polar surface area (TPSA) is 356 Å². The van der Waals surface area contributed by atoms with E-state index < -0.39 is 29.9 Å². The van der Waals surface area contributed by atoms with Crippen molar-refractivity contribution in [3.05, 3.63) is 69.3 Å². The number of anilines is 4. The zero-order valence-corrected chi connectivity index (χ0v) is 41.9. The monoisotopic (exact) mass is 1120 g/mol. The van der Waals surface area contributed by atoms with Gasteiger partial charge in [0, 0.05) is 64.4 Å². The van der Waals surface area contributed by atoms with Gasteiger partial charge in [-0.15, -0.1) is 0 Å². The van der Waals surface area contributed by atoms with Crippen molar-refractivity contribution in [2.45, 2.75) is 19.6 Å². The van der Waals surface area contributed by atoms with Gasteiger partial charge < -0.3 is 50.1 Å². The fourth-order valence-corrected chi connectivity index (χ4v) is 6.64. The Kier molecular flexibility index (Phi) is 21.0. The molecule has 4 amide bonds. The molecule has 29 nitrogen and oxygen atoms in total. The number of rotatable bonds is 12. The van der Waals surface area contributed by atoms with Crippen molar-refractivity contribution in [2.24, 2.45) is 19.8 Å². The number of pyridine rings is 2. The van der Waals surface area contributed by atoms with E-state index in [-0.39, 0.29) is 191 Å². The van der Waals surface area contributed by atoms with Gasteiger partial charge in [0.25, 0.3) is 46.5 Å². The molecule has 2 atom stereocenters. The molecule has 75 heavy (non-hydrogen) atoms. The van der Waals surface area contributed by atoms with Crippen LogP contribution in [0.25, 0.3) is 22.3 Å². The summed E-state index contributed by atoms with van der Waals surface area (Å²) in [6.45, 7) is 0.881. The summed E-state index contributed by atoms with van der Waals surface area (Å²) in [5, 5.41) is 8.12. The van der Waals surface area contributed by atoms with E-state index in [0.29, 0.717) is 25.9 Å². The Morgan fingerprint density at radius 3 is 1.65 bits per heavy atom. The number of nitrogens with zero attached hydrogens (tertiary/aromatic N) is 12. The molecule has 0 spiro atoms. The number of halogens is 2. The van der Waals surface area contributed by atoms with E-state index in [0.717, 1.165) is 24.5 Å². The van der Waals surface area contributed by atoms with Crippen molar-refractivity contribution in [2.75, 3.05) is 79.6 Å². The van der Waals surface area contributed by atoms with Gasteiger partial charge in [0.15, 0.2) is 65.7 Å². The fourth-order valence-electron chi connectivity index (χ4n) is 6.64. The van der Waals surface area contributed by atoms with Crippen LogP contribution in [0.4, 0.5) is 41.6 Å². The summed E-state index contributed by atoms with van der Waals surface area (Å²) < 4.78 is 60.9. The first-order valence-corrected chi connectivity index (χ1v) is 20.9. The van der Waals surface area contributed by atoms with Gasteiger partial charge in [0.05, 0.1) is 37.9 Å². The second kappa shape index (κ2) is 26.4. The first kappa shape index (κ1) is 59.7. The van der Waals surface area contributed by atoms with E-state index in [1.54, 1.807) is 0 Å². The second-order valence-corrected chi connectivity index (χ2v) is 15.0. The number of carbonyl (C=O) groups excluding carboxylic acids is 5. The van der Waals surface area contributed by atoms with E-state index in [2.05, 4.69) is 55.8 Å². The predicted molar refractivity (Wildman–Crippen MR) is 263 cm³/mol. The summed E-state index contributed by atoms with van der Waals surface area (Å²) in [4.78, 5) is 114. The molecule has 0 aromatic carbocycles. The van der Waals surface area contributed by atoms with Crippen molar-refractivity contribution < 1.29 is 79.7 Å². The summed E-state index contributed by atoms with van der Waals surface area (Å²) in [5.41, 5.74) is 5.59. The number of fused-ring (bicyclic) bond motifs is 4. The average Bonchev–Trinajstić information content (AvgIpc) is 3.94. The average molecular weight is 1120 g/mol. The van der Waals surface area contributed by atoms with Gasteiger partial charge in [0.1, 0.15) is 36.5 Å². The van der Waals surface area contributed by atoms with E-state index in [1.165, 1.54) is 45.4 Å². The number of cyclic esters (lactones) is 2. The molecule has 6 aromatic heterocycles. The molecular weight excluding hydrogens is 1080 g/mol. The third-order valence-corrected chi connectivity index (χ3v) is 10.1. The maximum Gasteiger partial charge on any atom is 0.416 e. The Labute approximate surface area is 447 Å². The third-order valence-electron chi connectivity index (χ3n) is 10.1. The Balaban J connectivity index is 0.000000259. The first-order valence-electron chi connectivity index (χ1n) is 20.9. The van der Waals surface area contributed by atoms with E-state index in [9.17, 15) is 42.3 Å². The van der Waals surface area contributed by atoms with Gasteiger partial charge in [-0.2, -0.15) is 37.0 Å². The molecule has 6 aromatic rings. The molecule has 399 valence electrons. The Morgan fingerprint density at radius 1 is 0.720 bits per heavy atom. The first-order chi connectivity index (χ1) is 34.2. The molecule has 10 heterocycles. The molecule has 0 saturated carbocycles. The SMILES string of the molecule is C.Cn1c(=O)cnc2cc(F)c(OCC=O)nc21.Cn1c(=O)cnc2cc(F)c(OCCNC[C@H]3CN(c4cnc5c(n4)NC(=O)CO5)C(=O)O3)nc21.NC[C@H]1CN(c2cnc3c(n2)NC(=O)CO3)C(=O)O1.S.S.[V]. The molecule has 10 rings (SSSR count). The summed E-state index contributed by atoms with van der Waals surface area (Å²) in [6, 6.07) is 2.25. The van der Waals surface area contributed by atoms with E-state index >= 15 is 0 Å². The second-order valence-electron chi connectivity index (χ2n) is 15.0. The zero-order valence-electron chi connectivity index (χ0n) is 38.5. The number of aromatic nitrogens is 10. The summed E-state index contributed by atoms with van der Waals surface area (Å²) in [6.07, 6.45) is 3.41. The van der Waals surface area contributed by atoms with Crippen LogP contribution in [0.3, 0.4) is 0 Å². The minimum absolute atomic E-state index is 0. The Morgan fingerprint density at radius 2 is 1.19 bits per heavy atom. The maximum atomic E-state index is 14.2. The van der Waals surface area contributed by atoms with Gasteiger partial charge in [-0.25, -0.2) is 48.3 Å². The van der Waals surface area contributed by atoms with Crippen LogP contribution in [0.15, 0.2) is 46.5 Å². The summed E-state index contributed by atoms with van der Waals surface area (Å²) in [7, 11) is 3.00. The van der Waals surface area contributed by atoms with Crippen molar-refractivity contribution in [1.82, 2.24) is 54.3 Å². The van der Waals surface area contributed by atoms with Crippen LogP contribution in [0.2, 0.25) is 0 Å². The number of nitrogens with two attached hydrogens (primary N) is 1. The minimum atomic E-state index is -0.731. The van der Waals surface area contributed by atoms with Gasteiger partial charge in [0.2, 0.25) is 0 Å². The minimum Gasteiger partial charge on any atom is -0.474 e. The fraction of sp³-hybridized carbons (Fsp3) is 0.341. The number of aryl methyl sites for hydroxylation is 2. The van der Waals surface area contributed by atoms with Crippen LogP contribution in [0.5, 0.6) is 23.5 Å². The predicted octanol–water partition coefficient (Wildman–Crippen LogP) is -0.422. The number of aldehydes is 1. The molecule has 0 bridgehead atoms. The van der Waals surface area contributed by atoms with Gasteiger partial charge in [-0.05, 0) is 0 Å². The smallest absolute Gasteiger partial charge is 0.416 e. The molecule has 34 heteroatoms. The molecule has 2 saturated heterocycles. The molecule has 4 aliphatic rings. The Hall–Kier alpha value is -7.85. The number of hydrogen-bond donors (Lipinski definition) is 4. The van der Waals surface area contributed by atoms with Crippen molar-refractivity contribution >= 4 is 103 Å². The molecule has 5 N–H and O–H groups in total. The van der Waals surface area contributed by atoms with Crippen LogP contribution in [-0.4, -0.2) is 151 Å². The summed E-state index contributed by atoms with van der Waals surface area (Å²) in [5.74, 6) is -1.45. The number of ether oxygens (including phenoxy) is 6. The number of hydrogen-bond acceptors (Lipinski definition) is 23. The quantitative estimate of drug-likeness (QED) is 0.0893. The van der Waals surface area contributed by atoms with Crippen molar-refractivity contribution in [3.63, 3.8) is 0 Å². The van der Waals surface area contributed by atoms with E-state index in [1.807, 2.05) is 0 Å². The molecule has 1 radical (unpaired) electrons. The molecule has 0 aliphatic carbocycles. The molecular formula is C41H46F2N16O13S2V. The maximum absolute atomic E-state index is 14.2.